The first-order valence-electron chi connectivity index (χ1n) is 3.74. The molecule has 62 valence electrons. The van der Waals surface area contributed by atoms with Crippen LogP contribution >= 0.6 is 0 Å². The van der Waals surface area contributed by atoms with Crippen LogP contribution in [0.15, 0.2) is 0 Å². The van der Waals surface area contributed by atoms with Crippen LogP contribution in [0.2, 0.25) is 0 Å². The Balaban J connectivity index is 3.56. The van der Waals surface area contributed by atoms with E-state index in [-0.39, 0.29) is 18.8 Å². The number of ether oxygens (including phenoxy) is 1. The van der Waals surface area contributed by atoms with Crippen LogP contribution in [0.5, 0.6) is 0 Å². The van der Waals surface area contributed by atoms with E-state index < -0.39 is 0 Å². The molecule has 0 bridgehead atoms. The summed E-state index contributed by atoms with van der Waals surface area (Å²) in [6.07, 6.45) is 0.653. The zero-order chi connectivity index (χ0) is 7.98. The lowest BCUT2D eigenvalue weighted by Crippen LogP contribution is -2.38. The van der Waals surface area contributed by atoms with Gasteiger partial charge in [0.05, 0.1) is 12.7 Å². The smallest absolute Gasteiger partial charge is 0.0955 e. The molecule has 0 saturated carbocycles. The van der Waals surface area contributed by atoms with E-state index in [1.807, 2.05) is 13.8 Å². The van der Waals surface area contributed by atoms with Crippen molar-refractivity contribution >= 4 is 0 Å². The predicted octanol–water partition coefficient (Wildman–Crippen LogP) is 0.121. The van der Waals surface area contributed by atoms with E-state index in [9.17, 15) is 0 Å². The summed E-state index contributed by atoms with van der Waals surface area (Å²) in [5, 5.41) is 8.75. The highest BCUT2D eigenvalue weighted by Crippen LogP contribution is 1.99. The number of aliphatic hydroxyl groups excluding tert-OH is 1. The van der Waals surface area contributed by atoms with Crippen LogP contribution in [-0.4, -0.2) is 30.5 Å². The normalized spacial score (nSPS) is 16.8. The molecule has 3 heteroatoms. The quantitative estimate of drug-likeness (QED) is 0.580. The number of hydrogen-bond acceptors (Lipinski definition) is 3. The van der Waals surface area contributed by atoms with Gasteiger partial charge in [0, 0.05) is 12.6 Å². The Bertz CT molecular complexity index is 78.0. The molecule has 0 aromatic heterocycles. The largest absolute Gasteiger partial charge is 0.394 e. The zero-order valence-electron chi connectivity index (χ0n) is 6.71. The van der Waals surface area contributed by atoms with Crippen molar-refractivity contribution in [3.63, 3.8) is 0 Å². The van der Waals surface area contributed by atoms with Gasteiger partial charge >= 0.3 is 0 Å². The second-order valence-corrected chi connectivity index (χ2v) is 2.25. The van der Waals surface area contributed by atoms with Crippen molar-refractivity contribution in [3.05, 3.63) is 0 Å². The van der Waals surface area contributed by atoms with Crippen molar-refractivity contribution in [1.29, 1.82) is 0 Å². The van der Waals surface area contributed by atoms with E-state index in [1.165, 1.54) is 0 Å². The lowest BCUT2D eigenvalue weighted by molar-refractivity contribution is 0.00360. The first kappa shape index (κ1) is 9.88. The fourth-order valence-corrected chi connectivity index (χ4v) is 0.789. The molecule has 0 aliphatic heterocycles. The van der Waals surface area contributed by atoms with Gasteiger partial charge in [-0.05, 0) is 13.3 Å². The van der Waals surface area contributed by atoms with Crippen molar-refractivity contribution in [3.8, 4) is 0 Å². The third-order valence-electron chi connectivity index (χ3n) is 1.51. The number of rotatable bonds is 5. The van der Waals surface area contributed by atoms with Gasteiger partial charge < -0.3 is 15.6 Å². The summed E-state index contributed by atoms with van der Waals surface area (Å²) in [6, 6.07) is -0.0371. The summed E-state index contributed by atoms with van der Waals surface area (Å²) in [4.78, 5) is 0. The molecule has 0 aliphatic rings. The highest BCUT2D eigenvalue weighted by molar-refractivity contribution is 4.70. The summed E-state index contributed by atoms with van der Waals surface area (Å²) in [5.74, 6) is 0. The van der Waals surface area contributed by atoms with Gasteiger partial charge in [0.15, 0.2) is 0 Å². The second kappa shape index (κ2) is 5.65. The molecule has 0 radical (unpaired) electrons. The van der Waals surface area contributed by atoms with Crippen molar-refractivity contribution in [2.75, 3.05) is 13.2 Å². The van der Waals surface area contributed by atoms with Gasteiger partial charge in [0.1, 0.15) is 0 Å². The minimum atomic E-state index is -0.185. The van der Waals surface area contributed by atoms with Crippen molar-refractivity contribution < 1.29 is 9.84 Å². The van der Waals surface area contributed by atoms with Crippen LogP contribution in [0.4, 0.5) is 0 Å². The molecule has 0 aromatic rings. The number of nitrogens with two attached hydrogens (primary N) is 1. The van der Waals surface area contributed by atoms with E-state index in [1.54, 1.807) is 0 Å². The van der Waals surface area contributed by atoms with Gasteiger partial charge in [-0.3, -0.25) is 0 Å². The van der Waals surface area contributed by atoms with E-state index >= 15 is 0 Å². The van der Waals surface area contributed by atoms with Crippen LogP contribution in [-0.2, 0) is 4.74 Å². The van der Waals surface area contributed by atoms with Crippen LogP contribution < -0.4 is 5.73 Å². The lowest BCUT2D eigenvalue weighted by Gasteiger charge is -2.19. The van der Waals surface area contributed by atoms with E-state index in [2.05, 4.69) is 0 Å². The maximum absolute atomic E-state index is 8.75. The van der Waals surface area contributed by atoms with Gasteiger partial charge in [-0.15, -0.1) is 0 Å². The summed E-state index contributed by atoms with van der Waals surface area (Å²) < 4.78 is 5.17. The molecule has 0 aromatic carbocycles. The third kappa shape index (κ3) is 3.15. The van der Waals surface area contributed by atoms with Crippen molar-refractivity contribution in [2.45, 2.75) is 32.4 Å². The predicted molar refractivity (Wildman–Crippen MR) is 40.8 cm³/mol. The number of hydrogen-bond donors (Lipinski definition) is 2. The average molecular weight is 147 g/mol. The van der Waals surface area contributed by atoms with Crippen LogP contribution in [0.1, 0.15) is 20.3 Å². The Morgan fingerprint density at radius 1 is 1.50 bits per heavy atom. The fourth-order valence-electron chi connectivity index (χ4n) is 0.789. The van der Waals surface area contributed by atoms with Crippen LogP contribution in [0.3, 0.4) is 0 Å². The molecular weight excluding hydrogens is 130 g/mol. The molecule has 2 unspecified atom stereocenters. The van der Waals surface area contributed by atoms with Crippen LogP contribution in [0, 0.1) is 0 Å². The highest BCUT2D eigenvalue weighted by atomic mass is 16.5. The standard InChI is InChI=1S/C7H17NO2/c1-3-6(8)7(5-9)10-4-2/h6-7,9H,3-5,8H2,1-2H3. The molecule has 10 heavy (non-hydrogen) atoms. The highest BCUT2D eigenvalue weighted by Gasteiger charge is 2.13. The fraction of sp³-hybridized carbons (Fsp3) is 1.00. The maximum Gasteiger partial charge on any atom is 0.0955 e. The monoisotopic (exact) mass is 147 g/mol. The third-order valence-corrected chi connectivity index (χ3v) is 1.51. The summed E-state index contributed by atoms with van der Waals surface area (Å²) in [5.41, 5.74) is 5.63. The Morgan fingerprint density at radius 2 is 2.10 bits per heavy atom. The molecule has 3 nitrogen and oxygen atoms in total. The van der Waals surface area contributed by atoms with Crippen molar-refractivity contribution in [2.24, 2.45) is 5.73 Å². The Hall–Kier alpha value is -0.120. The first-order chi connectivity index (χ1) is 4.76. The Kier molecular flexibility index (Phi) is 5.58. The minimum Gasteiger partial charge on any atom is -0.394 e. The van der Waals surface area contributed by atoms with E-state index in [0.29, 0.717) is 6.61 Å². The Morgan fingerprint density at radius 3 is 2.40 bits per heavy atom. The molecule has 0 fully saturated rings. The lowest BCUT2D eigenvalue weighted by atomic mass is 10.1. The first-order valence-corrected chi connectivity index (χ1v) is 3.74. The average Bonchev–Trinajstić information content (AvgIpc) is 1.99. The van der Waals surface area contributed by atoms with Gasteiger partial charge in [-0.2, -0.15) is 0 Å². The van der Waals surface area contributed by atoms with E-state index in [0.717, 1.165) is 6.42 Å². The molecule has 0 amide bonds. The molecule has 0 rings (SSSR count). The minimum absolute atomic E-state index is 0.0167. The summed E-state index contributed by atoms with van der Waals surface area (Å²) >= 11 is 0. The van der Waals surface area contributed by atoms with Crippen molar-refractivity contribution in [1.82, 2.24) is 0 Å². The summed E-state index contributed by atoms with van der Waals surface area (Å²) in [7, 11) is 0. The molecule has 3 N–H and O–H groups in total. The molecular formula is C7H17NO2. The second-order valence-electron chi connectivity index (χ2n) is 2.25. The molecule has 0 heterocycles. The molecule has 0 saturated heterocycles. The van der Waals surface area contributed by atoms with Gasteiger partial charge in [0.25, 0.3) is 0 Å². The topological polar surface area (TPSA) is 55.5 Å². The SMILES string of the molecule is CCOC(CO)C(N)CC. The summed E-state index contributed by atoms with van der Waals surface area (Å²) in [6.45, 7) is 4.50. The molecule has 2 atom stereocenters. The zero-order valence-corrected chi connectivity index (χ0v) is 6.71. The van der Waals surface area contributed by atoms with Crippen LogP contribution in [0.25, 0.3) is 0 Å². The molecule has 0 aliphatic carbocycles. The van der Waals surface area contributed by atoms with Gasteiger partial charge in [-0.1, -0.05) is 6.92 Å². The van der Waals surface area contributed by atoms with Gasteiger partial charge in [0.2, 0.25) is 0 Å². The van der Waals surface area contributed by atoms with E-state index in [4.69, 9.17) is 15.6 Å². The number of aliphatic hydroxyl groups is 1. The Labute approximate surface area is 62.2 Å². The van der Waals surface area contributed by atoms with Gasteiger partial charge in [-0.25, -0.2) is 0 Å². The maximum atomic E-state index is 8.75. The molecule has 0 spiro atoms.